The van der Waals surface area contributed by atoms with Gasteiger partial charge in [-0.1, -0.05) is 6.92 Å². The predicted octanol–water partition coefficient (Wildman–Crippen LogP) is 1.39. The standard InChI is InChI=1S/C10H14N2O2/c1-6-4-7(5-6)12-10(13)9-8(11)2-3-14-9/h2-3,6-7H,4-5,11H2,1H3,(H,12,13). The Labute approximate surface area is 82.5 Å². The number of furan rings is 1. The Morgan fingerprint density at radius 1 is 1.64 bits per heavy atom. The molecule has 1 fully saturated rings. The zero-order valence-corrected chi connectivity index (χ0v) is 8.12. The first-order chi connectivity index (χ1) is 6.66. The predicted molar refractivity (Wildman–Crippen MR) is 52.8 cm³/mol. The molecule has 14 heavy (non-hydrogen) atoms. The van der Waals surface area contributed by atoms with Crippen LogP contribution in [-0.2, 0) is 0 Å². The minimum absolute atomic E-state index is 0.204. The maximum absolute atomic E-state index is 11.6. The number of nitrogens with two attached hydrogens (primary N) is 1. The summed E-state index contributed by atoms with van der Waals surface area (Å²) >= 11 is 0. The Morgan fingerprint density at radius 3 is 2.86 bits per heavy atom. The normalized spacial score (nSPS) is 25.5. The molecule has 0 spiro atoms. The Balaban J connectivity index is 1.93. The maximum Gasteiger partial charge on any atom is 0.289 e. The molecule has 4 heteroatoms. The van der Waals surface area contributed by atoms with E-state index in [2.05, 4.69) is 12.2 Å². The summed E-state index contributed by atoms with van der Waals surface area (Å²) < 4.78 is 4.99. The van der Waals surface area contributed by atoms with E-state index in [1.807, 2.05) is 0 Å². The van der Waals surface area contributed by atoms with Crippen LogP contribution in [0, 0.1) is 5.92 Å². The molecule has 1 amide bonds. The molecule has 0 atom stereocenters. The second-order valence-corrected chi connectivity index (χ2v) is 3.95. The fourth-order valence-electron chi connectivity index (χ4n) is 1.77. The van der Waals surface area contributed by atoms with Crippen LogP contribution < -0.4 is 11.1 Å². The molecule has 0 aromatic carbocycles. The van der Waals surface area contributed by atoms with Crippen molar-refractivity contribution in [3.63, 3.8) is 0 Å². The van der Waals surface area contributed by atoms with E-state index in [9.17, 15) is 4.79 Å². The molecule has 1 aliphatic carbocycles. The van der Waals surface area contributed by atoms with Crippen molar-refractivity contribution >= 4 is 11.6 Å². The summed E-state index contributed by atoms with van der Waals surface area (Å²) in [6.07, 6.45) is 3.52. The molecule has 0 unspecified atom stereocenters. The lowest BCUT2D eigenvalue weighted by Crippen LogP contribution is -2.43. The largest absolute Gasteiger partial charge is 0.457 e. The minimum atomic E-state index is -0.204. The number of nitrogens with one attached hydrogen (secondary N) is 1. The number of hydrogen-bond acceptors (Lipinski definition) is 3. The van der Waals surface area contributed by atoms with Gasteiger partial charge in [0.2, 0.25) is 5.76 Å². The molecule has 3 N–H and O–H groups in total. The van der Waals surface area contributed by atoms with Crippen LogP contribution in [0.15, 0.2) is 16.7 Å². The molecule has 1 saturated carbocycles. The van der Waals surface area contributed by atoms with E-state index < -0.39 is 0 Å². The van der Waals surface area contributed by atoms with E-state index >= 15 is 0 Å². The second-order valence-electron chi connectivity index (χ2n) is 3.95. The fraction of sp³-hybridized carbons (Fsp3) is 0.500. The lowest BCUT2D eigenvalue weighted by molar-refractivity contribution is 0.0869. The van der Waals surface area contributed by atoms with Crippen molar-refractivity contribution in [2.24, 2.45) is 5.92 Å². The van der Waals surface area contributed by atoms with Crippen molar-refractivity contribution < 1.29 is 9.21 Å². The Bertz CT molecular complexity index is 340. The average molecular weight is 194 g/mol. The molecule has 1 heterocycles. The van der Waals surface area contributed by atoms with Crippen LogP contribution in [0.1, 0.15) is 30.3 Å². The Kier molecular flexibility index (Phi) is 2.19. The quantitative estimate of drug-likeness (QED) is 0.747. The second kappa shape index (κ2) is 3.36. The number of carbonyl (C=O) groups is 1. The van der Waals surface area contributed by atoms with E-state index in [1.54, 1.807) is 6.07 Å². The Hall–Kier alpha value is -1.45. The average Bonchev–Trinajstić information content (AvgIpc) is 2.48. The monoisotopic (exact) mass is 194 g/mol. The van der Waals surface area contributed by atoms with E-state index in [1.165, 1.54) is 6.26 Å². The van der Waals surface area contributed by atoms with E-state index in [0.717, 1.165) is 12.8 Å². The van der Waals surface area contributed by atoms with Gasteiger partial charge in [0, 0.05) is 12.1 Å². The van der Waals surface area contributed by atoms with Crippen molar-refractivity contribution in [3.05, 3.63) is 18.1 Å². The van der Waals surface area contributed by atoms with E-state index in [0.29, 0.717) is 17.6 Å². The van der Waals surface area contributed by atoms with Crippen LogP contribution in [0.4, 0.5) is 5.69 Å². The van der Waals surface area contributed by atoms with Crippen molar-refractivity contribution in [2.75, 3.05) is 5.73 Å². The molecule has 0 saturated heterocycles. The number of nitrogen functional groups attached to an aromatic ring is 1. The first kappa shape index (κ1) is 9.12. The van der Waals surface area contributed by atoms with Gasteiger partial charge < -0.3 is 15.5 Å². The molecular weight excluding hydrogens is 180 g/mol. The molecule has 1 aromatic rings. The molecular formula is C10H14N2O2. The van der Waals surface area contributed by atoms with Gasteiger partial charge in [0.1, 0.15) is 0 Å². The van der Waals surface area contributed by atoms with Crippen LogP contribution >= 0.6 is 0 Å². The number of amides is 1. The van der Waals surface area contributed by atoms with Gasteiger partial charge in [0.25, 0.3) is 5.91 Å². The highest BCUT2D eigenvalue weighted by molar-refractivity contribution is 5.96. The van der Waals surface area contributed by atoms with Gasteiger partial charge in [-0.15, -0.1) is 0 Å². The van der Waals surface area contributed by atoms with Gasteiger partial charge in [0.05, 0.1) is 12.0 Å². The summed E-state index contributed by atoms with van der Waals surface area (Å²) in [5, 5.41) is 2.88. The van der Waals surface area contributed by atoms with Gasteiger partial charge in [-0.2, -0.15) is 0 Å². The van der Waals surface area contributed by atoms with Gasteiger partial charge in [-0.3, -0.25) is 4.79 Å². The summed E-state index contributed by atoms with van der Waals surface area (Å²) in [4.78, 5) is 11.6. The first-order valence-corrected chi connectivity index (χ1v) is 4.80. The summed E-state index contributed by atoms with van der Waals surface area (Å²) in [5.74, 6) is 0.739. The molecule has 2 rings (SSSR count). The van der Waals surface area contributed by atoms with Crippen molar-refractivity contribution in [1.29, 1.82) is 0 Å². The van der Waals surface area contributed by atoms with Crippen LogP contribution in [0.25, 0.3) is 0 Å². The summed E-state index contributed by atoms with van der Waals surface area (Å²) in [5.41, 5.74) is 5.95. The molecule has 76 valence electrons. The van der Waals surface area contributed by atoms with Crippen LogP contribution in [-0.4, -0.2) is 11.9 Å². The van der Waals surface area contributed by atoms with Gasteiger partial charge >= 0.3 is 0 Å². The van der Waals surface area contributed by atoms with Crippen LogP contribution in [0.5, 0.6) is 0 Å². The van der Waals surface area contributed by atoms with Gasteiger partial charge in [-0.25, -0.2) is 0 Å². The molecule has 0 aliphatic heterocycles. The van der Waals surface area contributed by atoms with Crippen molar-refractivity contribution in [2.45, 2.75) is 25.8 Å². The van der Waals surface area contributed by atoms with Gasteiger partial charge in [-0.05, 0) is 18.8 Å². The molecule has 0 radical (unpaired) electrons. The first-order valence-electron chi connectivity index (χ1n) is 4.80. The van der Waals surface area contributed by atoms with Crippen LogP contribution in [0.3, 0.4) is 0 Å². The number of anilines is 1. The minimum Gasteiger partial charge on any atom is -0.457 e. The molecule has 1 aromatic heterocycles. The molecule has 0 bridgehead atoms. The SMILES string of the molecule is CC1CC(NC(=O)c2occc2N)C1. The van der Waals surface area contributed by atoms with Crippen LogP contribution in [0.2, 0.25) is 0 Å². The third kappa shape index (κ3) is 1.60. The smallest absolute Gasteiger partial charge is 0.289 e. The van der Waals surface area contributed by atoms with E-state index in [4.69, 9.17) is 10.2 Å². The number of hydrogen-bond donors (Lipinski definition) is 2. The third-order valence-electron chi connectivity index (χ3n) is 2.61. The lowest BCUT2D eigenvalue weighted by Gasteiger charge is -2.32. The maximum atomic E-state index is 11.6. The Morgan fingerprint density at radius 2 is 2.36 bits per heavy atom. The highest BCUT2D eigenvalue weighted by atomic mass is 16.3. The highest BCUT2D eigenvalue weighted by Crippen LogP contribution is 2.26. The summed E-state index contributed by atoms with van der Waals surface area (Å²) in [6.45, 7) is 2.17. The number of rotatable bonds is 2. The zero-order chi connectivity index (χ0) is 10.1. The van der Waals surface area contributed by atoms with Crippen molar-refractivity contribution in [3.8, 4) is 0 Å². The highest BCUT2D eigenvalue weighted by Gasteiger charge is 2.28. The lowest BCUT2D eigenvalue weighted by atomic mass is 9.82. The van der Waals surface area contributed by atoms with Gasteiger partial charge in [0.15, 0.2) is 0 Å². The van der Waals surface area contributed by atoms with Crippen molar-refractivity contribution in [1.82, 2.24) is 5.32 Å². The fourth-order valence-corrected chi connectivity index (χ4v) is 1.77. The summed E-state index contributed by atoms with van der Waals surface area (Å²) in [6, 6.07) is 1.88. The zero-order valence-electron chi connectivity index (χ0n) is 8.12. The molecule has 1 aliphatic rings. The topological polar surface area (TPSA) is 68.3 Å². The number of carbonyl (C=O) groups excluding carboxylic acids is 1. The van der Waals surface area contributed by atoms with E-state index in [-0.39, 0.29) is 11.7 Å². The third-order valence-corrected chi connectivity index (χ3v) is 2.61. The molecule has 4 nitrogen and oxygen atoms in total. The summed E-state index contributed by atoms with van der Waals surface area (Å²) in [7, 11) is 0.